The number of hydrogen-bond donors (Lipinski definition) is 2. The van der Waals surface area contributed by atoms with Gasteiger partial charge in [-0.15, -0.1) is 0 Å². The fraction of sp³-hybridized carbons (Fsp3) is 0.486. The standard InChI is InChI=1S/C35H39ClFN5O3/c1-44-26(18-42-23-6-4-7-24(42)12-11-23)19-45-35-39-33-29(34(40-35)41-16-21-9-10-22(17-41)38-21)15-30(36)31(32(33)37)28-14-25(43)13-20-5-2-3-8-27(20)28/h2-3,5,8,13-15,21-24,26,38,43H,4,6-7,9-12,16-19H2,1H3/t21?,22?,23?,24?,26-/m1/s1. The third-order valence-electron chi connectivity index (χ3n) is 10.5. The SMILES string of the molecule is CO[C@@H](COc1nc(N2CC3CCC(C2)N3)c2cc(Cl)c(-c3cc(O)cc4ccccc34)c(F)c2n1)CN1C2CCCC1CC2. The van der Waals surface area contributed by atoms with Gasteiger partial charge in [0.05, 0.1) is 5.02 Å². The van der Waals surface area contributed by atoms with E-state index in [1.807, 2.05) is 24.3 Å². The van der Waals surface area contributed by atoms with Crippen LogP contribution >= 0.6 is 11.6 Å². The van der Waals surface area contributed by atoms with Gasteiger partial charge in [-0.25, -0.2) is 4.39 Å². The molecule has 5 heterocycles. The first-order valence-electron chi connectivity index (χ1n) is 16.3. The molecule has 1 aromatic heterocycles. The molecule has 4 bridgehead atoms. The first-order valence-corrected chi connectivity index (χ1v) is 16.7. The Morgan fingerprint density at radius 1 is 1.00 bits per heavy atom. The number of nitrogens with one attached hydrogen (secondary N) is 1. The van der Waals surface area contributed by atoms with E-state index in [1.165, 1.54) is 32.1 Å². The highest BCUT2D eigenvalue weighted by Crippen LogP contribution is 2.43. The second-order valence-corrected chi connectivity index (χ2v) is 13.6. The number of piperazine rings is 1. The number of aromatic hydroxyl groups is 1. The van der Waals surface area contributed by atoms with Gasteiger partial charge in [-0.1, -0.05) is 42.3 Å². The molecule has 4 unspecified atom stereocenters. The molecule has 4 aromatic rings. The van der Waals surface area contributed by atoms with Crippen LogP contribution in [-0.2, 0) is 4.74 Å². The van der Waals surface area contributed by atoms with Gasteiger partial charge in [0.25, 0.3) is 0 Å². The van der Waals surface area contributed by atoms with E-state index < -0.39 is 5.82 Å². The largest absolute Gasteiger partial charge is 0.508 e. The lowest BCUT2D eigenvalue weighted by molar-refractivity contribution is 0.00540. The van der Waals surface area contributed by atoms with E-state index in [2.05, 4.69) is 20.1 Å². The van der Waals surface area contributed by atoms with Gasteiger partial charge in [-0.3, -0.25) is 4.90 Å². The van der Waals surface area contributed by atoms with E-state index in [1.54, 1.807) is 25.3 Å². The Morgan fingerprint density at radius 2 is 1.76 bits per heavy atom. The van der Waals surface area contributed by atoms with E-state index in [0.29, 0.717) is 40.9 Å². The number of benzene rings is 3. The van der Waals surface area contributed by atoms with Crippen LogP contribution in [0.2, 0.25) is 5.02 Å². The van der Waals surface area contributed by atoms with E-state index in [0.717, 1.165) is 43.2 Å². The zero-order valence-corrected chi connectivity index (χ0v) is 26.3. The molecule has 0 saturated carbocycles. The maximum atomic E-state index is 16.9. The summed E-state index contributed by atoms with van der Waals surface area (Å²) in [6, 6.07) is 14.6. The maximum absolute atomic E-state index is 16.9. The molecule has 2 N–H and O–H groups in total. The summed E-state index contributed by atoms with van der Waals surface area (Å²) >= 11 is 6.90. The number of anilines is 1. The lowest BCUT2D eigenvalue weighted by Crippen LogP contribution is -2.51. The number of methoxy groups -OCH3 is 1. The monoisotopic (exact) mass is 631 g/mol. The number of ether oxygens (including phenoxy) is 2. The third-order valence-corrected chi connectivity index (χ3v) is 10.8. The Kier molecular flexibility index (Phi) is 7.68. The van der Waals surface area contributed by atoms with Crippen LogP contribution in [0.3, 0.4) is 0 Å². The lowest BCUT2D eigenvalue weighted by Gasteiger charge is -2.36. The first-order chi connectivity index (χ1) is 21.9. The summed E-state index contributed by atoms with van der Waals surface area (Å²) in [5.74, 6) is 0.105. The Bertz CT molecular complexity index is 1730. The molecule has 0 radical (unpaired) electrons. The van der Waals surface area contributed by atoms with Gasteiger partial charge in [0.1, 0.15) is 29.8 Å². The summed E-state index contributed by atoms with van der Waals surface area (Å²) in [7, 11) is 1.72. The zero-order chi connectivity index (χ0) is 30.7. The number of fused-ring (bicyclic) bond motifs is 6. The summed E-state index contributed by atoms with van der Waals surface area (Å²) in [6.45, 7) is 2.59. The molecule has 45 heavy (non-hydrogen) atoms. The third kappa shape index (κ3) is 5.37. The second kappa shape index (κ2) is 11.8. The molecule has 0 aliphatic carbocycles. The highest BCUT2D eigenvalue weighted by atomic mass is 35.5. The van der Waals surface area contributed by atoms with Crippen LogP contribution in [0.15, 0.2) is 42.5 Å². The van der Waals surface area contributed by atoms with E-state index in [9.17, 15) is 5.11 Å². The molecule has 8 nitrogen and oxygen atoms in total. The molecule has 4 aliphatic heterocycles. The minimum atomic E-state index is -0.562. The van der Waals surface area contributed by atoms with Crippen LogP contribution in [0.25, 0.3) is 32.8 Å². The number of phenolic OH excluding ortho intramolecular Hbond substituents is 1. The topological polar surface area (TPSA) is 83.0 Å². The molecule has 8 rings (SSSR count). The zero-order valence-electron chi connectivity index (χ0n) is 25.5. The van der Waals surface area contributed by atoms with E-state index >= 15 is 4.39 Å². The molecule has 3 aromatic carbocycles. The van der Waals surface area contributed by atoms with E-state index in [-0.39, 0.29) is 40.6 Å². The maximum Gasteiger partial charge on any atom is 0.319 e. The highest BCUT2D eigenvalue weighted by Gasteiger charge is 2.38. The number of rotatable bonds is 8. The summed E-state index contributed by atoms with van der Waals surface area (Å²) in [4.78, 5) is 14.4. The van der Waals surface area contributed by atoms with Gasteiger partial charge in [0.2, 0.25) is 0 Å². The van der Waals surface area contributed by atoms with Crippen molar-refractivity contribution in [3.63, 3.8) is 0 Å². The number of aromatic nitrogens is 2. The van der Waals surface area contributed by atoms with Crippen LogP contribution in [0.5, 0.6) is 11.8 Å². The molecular weight excluding hydrogens is 593 g/mol. The van der Waals surface area contributed by atoms with Crippen molar-refractivity contribution < 1.29 is 19.0 Å². The van der Waals surface area contributed by atoms with E-state index in [4.69, 9.17) is 26.1 Å². The van der Waals surface area contributed by atoms with Crippen molar-refractivity contribution >= 4 is 39.1 Å². The van der Waals surface area contributed by atoms with Crippen LogP contribution in [-0.4, -0.2) is 83.6 Å². The van der Waals surface area contributed by atoms with Crippen LogP contribution in [0, 0.1) is 5.82 Å². The molecule has 4 fully saturated rings. The number of hydrogen-bond acceptors (Lipinski definition) is 8. The Hall–Kier alpha value is -3.24. The molecule has 5 atom stereocenters. The minimum Gasteiger partial charge on any atom is -0.508 e. The van der Waals surface area contributed by atoms with Gasteiger partial charge in [0.15, 0.2) is 5.82 Å². The predicted molar refractivity (Wildman–Crippen MR) is 175 cm³/mol. The quantitative estimate of drug-likeness (QED) is 0.235. The molecule has 0 spiro atoms. The van der Waals surface area contributed by atoms with Gasteiger partial charge in [0, 0.05) is 61.9 Å². The molecule has 10 heteroatoms. The summed E-state index contributed by atoms with van der Waals surface area (Å²) < 4.78 is 29.0. The predicted octanol–water partition coefficient (Wildman–Crippen LogP) is 6.30. The van der Waals surface area contributed by atoms with Crippen molar-refractivity contribution in [1.82, 2.24) is 20.2 Å². The van der Waals surface area contributed by atoms with Crippen molar-refractivity contribution in [2.75, 3.05) is 38.3 Å². The fourth-order valence-electron chi connectivity index (χ4n) is 8.30. The first kappa shape index (κ1) is 29.2. The second-order valence-electron chi connectivity index (χ2n) is 13.2. The van der Waals surface area contributed by atoms with Gasteiger partial charge in [-0.2, -0.15) is 9.97 Å². The molecule has 236 valence electrons. The average Bonchev–Trinajstić information content (AvgIpc) is 3.48. The molecule has 4 aliphatic rings. The number of nitrogens with zero attached hydrogens (tertiary/aromatic N) is 4. The number of phenols is 1. The molecular formula is C35H39ClFN5O3. The Balaban J connectivity index is 1.19. The average molecular weight is 632 g/mol. The van der Waals surface area contributed by atoms with Crippen LogP contribution < -0.4 is 15.0 Å². The minimum absolute atomic E-state index is 0.0377. The van der Waals surface area contributed by atoms with Crippen molar-refractivity contribution in [1.29, 1.82) is 0 Å². The number of piperidine rings is 1. The molecule has 4 saturated heterocycles. The van der Waals surface area contributed by atoms with Gasteiger partial charge < -0.3 is 24.8 Å². The van der Waals surface area contributed by atoms with Crippen molar-refractivity contribution in [3.05, 3.63) is 53.3 Å². The van der Waals surface area contributed by atoms with Crippen LogP contribution in [0.1, 0.15) is 44.9 Å². The highest BCUT2D eigenvalue weighted by molar-refractivity contribution is 6.35. The van der Waals surface area contributed by atoms with Crippen molar-refractivity contribution in [3.8, 4) is 22.9 Å². The van der Waals surface area contributed by atoms with Gasteiger partial charge >= 0.3 is 6.01 Å². The normalized spacial score (nSPS) is 25.4. The van der Waals surface area contributed by atoms with Crippen molar-refractivity contribution in [2.45, 2.75) is 75.2 Å². The summed E-state index contributed by atoms with van der Waals surface area (Å²) in [5.41, 5.74) is 0.854. The number of halogens is 2. The summed E-state index contributed by atoms with van der Waals surface area (Å²) in [6.07, 6.45) is 8.35. The summed E-state index contributed by atoms with van der Waals surface area (Å²) in [5, 5.41) is 16.6. The van der Waals surface area contributed by atoms with Gasteiger partial charge in [-0.05, 0) is 73.1 Å². The van der Waals surface area contributed by atoms with Crippen molar-refractivity contribution in [2.24, 2.45) is 0 Å². The lowest BCUT2D eigenvalue weighted by atomic mass is 9.96. The Morgan fingerprint density at radius 3 is 2.51 bits per heavy atom. The fourth-order valence-corrected chi connectivity index (χ4v) is 8.60. The smallest absolute Gasteiger partial charge is 0.319 e. The van der Waals surface area contributed by atoms with Crippen LogP contribution in [0.4, 0.5) is 10.2 Å². The molecule has 0 amide bonds. The Labute approximate surface area is 267 Å².